The molecule has 3 aromatic rings. The number of carbonyl (C=O) groups excluding carboxylic acids is 1. The fourth-order valence-electron chi connectivity index (χ4n) is 2.57. The molecule has 0 fully saturated rings. The Morgan fingerprint density at radius 2 is 2.00 bits per heavy atom. The van der Waals surface area contributed by atoms with Crippen molar-refractivity contribution >= 4 is 40.2 Å². The van der Waals surface area contributed by atoms with E-state index in [4.69, 9.17) is 0 Å². The van der Waals surface area contributed by atoms with Crippen molar-refractivity contribution in [3.63, 3.8) is 0 Å². The summed E-state index contributed by atoms with van der Waals surface area (Å²) in [4.78, 5) is 27.7. The average Bonchev–Trinajstić information content (AvgIpc) is 3.25. The molecule has 0 aliphatic rings. The van der Waals surface area contributed by atoms with Gasteiger partial charge in [-0.2, -0.15) is 5.26 Å². The van der Waals surface area contributed by atoms with Gasteiger partial charge in [-0.25, -0.2) is 0 Å². The largest absolute Gasteiger partial charge is 0.348 e. The van der Waals surface area contributed by atoms with E-state index in [1.165, 1.54) is 10.6 Å². The van der Waals surface area contributed by atoms with Crippen LogP contribution in [0.3, 0.4) is 0 Å². The number of nitrogens with one attached hydrogen (secondary N) is 1. The van der Waals surface area contributed by atoms with Gasteiger partial charge in [-0.3, -0.25) is 14.2 Å². The molecule has 0 saturated carbocycles. The Hall–Kier alpha value is -3.21. The molecule has 140 valence electrons. The summed E-state index contributed by atoms with van der Waals surface area (Å²) in [5.74, 6) is -0.535. The zero-order valence-electron chi connectivity index (χ0n) is 15.1. The minimum absolute atomic E-state index is 0.102. The van der Waals surface area contributed by atoms with Gasteiger partial charge in [0.1, 0.15) is 10.7 Å². The second kappa shape index (κ2) is 8.65. The first kappa shape index (κ1) is 19.5. The summed E-state index contributed by atoms with van der Waals surface area (Å²) in [6, 6.07) is 14.9. The molecule has 0 aliphatic heterocycles. The van der Waals surface area contributed by atoms with E-state index in [2.05, 4.69) is 11.9 Å². The second-order valence-electron chi connectivity index (χ2n) is 5.83. The van der Waals surface area contributed by atoms with Crippen LogP contribution in [-0.4, -0.2) is 17.0 Å². The van der Waals surface area contributed by atoms with Crippen molar-refractivity contribution in [2.75, 3.05) is 6.54 Å². The van der Waals surface area contributed by atoms with Gasteiger partial charge in [0.2, 0.25) is 0 Å². The number of nitrogens with zero attached hydrogens (tertiary/aromatic N) is 2. The van der Waals surface area contributed by atoms with Crippen molar-refractivity contribution in [3.8, 4) is 11.8 Å². The van der Waals surface area contributed by atoms with E-state index >= 15 is 0 Å². The third-order valence-electron chi connectivity index (χ3n) is 3.83. The Morgan fingerprint density at radius 1 is 1.25 bits per heavy atom. The molecule has 0 saturated heterocycles. The predicted octanol–water partition coefficient (Wildman–Crippen LogP) is 2.07. The Labute approximate surface area is 169 Å². The van der Waals surface area contributed by atoms with Crippen LogP contribution in [0.15, 0.2) is 59.9 Å². The molecule has 1 aromatic carbocycles. The fourth-order valence-corrected chi connectivity index (χ4v) is 4.56. The van der Waals surface area contributed by atoms with Crippen LogP contribution in [0.2, 0.25) is 0 Å². The first-order valence-corrected chi connectivity index (χ1v) is 10.1. The Bertz CT molecular complexity index is 1240. The maximum atomic E-state index is 13.1. The SMILES string of the molecule is C=CCNC(=O)/C(C#N)=c1\s/c(=C\c2ccc(C)s2)c(=O)n1-c1ccccc1. The molecule has 3 rings (SSSR count). The van der Waals surface area contributed by atoms with Gasteiger partial charge in [0.25, 0.3) is 11.5 Å². The molecule has 0 atom stereocenters. The summed E-state index contributed by atoms with van der Waals surface area (Å²) in [6.07, 6.45) is 3.33. The lowest BCUT2D eigenvalue weighted by Gasteiger charge is -2.04. The first-order valence-electron chi connectivity index (χ1n) is 8.44. The van der Waals surface area contributed by atoms with Crippen molar-refractivity contribution in [2.45, 2.75) is 6.92 Å². The van der Waals surface area contributed by atoms with Gasteiger partial charge in [0, 0.05) is 16.3 Å². The van der Waals surface area contributed by atoms with Crippen LogP contribution in [0, 0.1) is 18.3 Å². The number of rotatable bonds is 5. The van der Waals surface area contributed by atoms with E-state index in [1.54, 1.807) is 41.7 Å². The standard InChI is InChI=1S/C21H17N3O2S2/c1-3-11-23-19(25)17(13-22)21-24(15-7-5-4-6-8-15)20(26)18(28-21)12-16-10-9-14(2)27-16/h3-10,12H,1,11H2,2H3,(H,23,25)/b18-12-,21-17-. The van der Waals surface area contributed by atoms with Crippen LogP contribution >= 0.6 is 22.7 Å². The van der Waals surface area contributed by atoms with Gasteiger partial charge in [-0.05, 0) is 37.3 Å². The first-order chi connectivity index (χ1) is 13.5. The van der Waals surface area contributed by atoms with Crippen LogP contribution in [0.4, 0.5) is 0 Å². The normalized spacial score (nSPS) is 12.4. The minimum atomic E-state index is -0.535. The molecule has 7 heteroatoms. The number of hydrogen-bond donors (Lipinski definition) is 1. The molecule has 0 aliphatic carbocycles. The van der Waals surface area contributed by atoms with E-state index in [0.717, 1.165) is 21.1 Å². The Morgan fingerprint density at radius 3 is 2.61 bits per heavy atom. The third kappa shape index (κ3) is 4.03. The summed E-state index contributed by atoms with van der Waals surface area (Å²) < 4.78 is 2.19. The molecule has 5 nitrogen and oxygen atoms in total. The van der Waals surface area contributed by atoms with Gasteiger partial charge < -0.3 is 5.32 Å². The lowest BCUT2D eigenvalue weighted by atomic mass is 10.3. The molecular weight excluding hydrogens is 390 g/mol. The Balaban J connectivity index is 2.34. The number of para-hydroxylation sites is 1. The number of amides is 1. The minimum Gasteiger partial charge on any atom is -0.348 e. The van der Waals surface area contributed by atoms with Crippen LogP contribution in [-0.2, 0) is 4.79 Å². The molecule has 28 heavy (non-hydrogen) atoms. The van der Waals surface area contributed by atoms with Gasteiger partial charge in [-0.1, -0.05) is 24.3 Å². The number of hydrogen-bond acceptors (Lipinski definition) is 5. The van der Waals surface area contributed by atoms with Gasteiger partial charge >= 0.3 is 0 Å². The van der Waals surface area contributed by atoms with Crippen LogP contribution in [0.1, 0.15) is 9.75 Å². The fraction of sp³-hybridized carbons (Fsp3) is 0.0952. The zero-order chi connectivity index (χ0) is 20.1. The highest BCUT2D eigenvalue weighted by molar-refractivity contribution is 7.13. The summed E-state index contributed by atoms with van der Waals surface area (Å²) in [6.45, 7) is 5.79. The summed E-state index contributed by atoms with van der Waals surface area (Å²) in [5, 5.41) is 12.2. The molecule has 1 amide bonds. The van der Waals surface area contributed by atoms with Crippen molar-refractivity contribution in [1.29, 1.82) is 5.26 Å². The average molecular weight is 408 g/mol. The number of aromatic nitrogens is 1. The number of thiophene rings is 1. The van der Waals surface area contributed by atoms with E-state index < -0.39 is 5.91 Å². The highest BCUT2D eigenvalue weighted by Crippen LogP contribution is 2.15. The second-order valence-corrected chi connectivity index (χ2v) is 8.18. The van der Waals surface area contributed by atoms with Crippen LogP contribution in [0.5, 0.6) is 0 Å². The summed E-state index contributed by atoms with van der Waals surface area (Å²) >= 11 is 2.71. The van der Waals surface area contributed by atoms with E-state index in [-0.39, 0.29) is 17.7 Å². The quantitative estimate of drug-likeness (QED) is 0.658. The highest BCUT2D eigenvalue weighted by Gasteiger charge is 2.16. The maximum absolute atomic E-state index is 13.1. The number of aryl methyl sites for hydroxylation is 1. The molecule has 1 N–H and O–H groups in total. The van der Waals surface area contributed by atoms with Crippen LogP contribution < -0.4 is 20.1 Å². The van der Waals surface area contributed by atoms with Crippen molar-refractivity contribution in [2.24, 2.45) is 0 Å². The lowest BCUT2D eigenvalue weighted by molar-refractivity contribution is -0.115. The summed E-state index contributed by atoms with van der Waals surface area (Å²) in [7, 11) is 0. The maximum Gasteiger partial charge on any atom is 0.273 e. The van der Waals surface area contributed by atoms with Gasteiger partial charge in [-0.15, -0.1) is 29.3 Å². The number of nitriles is 1. The third-order valence-corrected chi connectivity index (χ3v) is 5.87. The lowest BCUT2D eigenvalue weighted by Crippen LogP contribution is -2.33. The molecule has 0 radical (unpaired) electrons. The number of thiazole rings is 1. The zero-order valence-corrected chi connectivity index (χ0v) is 16.8. The topological polar surface area (TPSA) is 74.9 Å². The van der Waals surface area contributed by atoms with Crippen molar-refractivity contribution in [1.82, 2.24) is 9.88 Å². The van der Waals surface area contributed by atoms with E-state index in [1.807, 2.05) is 31.2 Å². The molecule has 0 spiro atoms. The molecule has 2 heterocycles. The Kier molecular flexibility index (Phi) is 6.04. The monoisotopic (exact) mass is 407 g/mol. The number of benzene rings is 1. The molecule has 0 unspecified atom stereocenters. The number of carbonyl (C=O) groups is 1. The summed E-state index contributed by atoms with van der Waals surface area (Å²) in [5.41, 5.74) is 0.237. The van der Waals surface area contributed by atoms with E-state index in [9.17, 15) is 14.9 Å². The van der Waals surface area contributed by atoms with E-state index in [0.29, 0.717) is 14.9 Å². The van der Waals surface area contributed by atoms with Crippen molar-refractivity contribution in [3.05, 3.63) is 84.4 Å². The van der Waals surface area contributed by atoms with Crippen molar-refractivity contribution < 1.29 is 4.79 Å². The molecular formula is C21H17N3O2S2. The van der Waals surface area contributed by atoms with Gasteiger partial charge in [0.05, 0.1) is 10.2 Å². The van der Waals surface area contributed by atoms with Crippen LogP contribution in [0.25, 0.3) is 17.3 Å². The van der Waals surface area contributed by atoms with Gasteiger partial charge in [0.15, 0.2) is 5.57 Å². The highest BCUT2D eigenvalue weighted by atomic mass is 32.1. The molecule has 0 bridgehead atoms. The smallest absolute Gasteiger partial charge is 0.273 e. The predicted molar refractivity (Wildman–Crippen MR) is 114 cm³/mol. The molecule has 2 aromatic heterocycles.